The number of rotatable bonds is 4. The Kier molecular flexibility index (Phi) is 4.87. The van der Waals surface area contributed by atoms with E-state index in [9.17, 15) is 5.11 Å². The highest BCUT2D eigenvalue weighted by Gasteiger charge is 2.32. The summed E-state index contributed by atoms with van der Waals surface area (Å²) in [5.41, 5.74) is 1.28. The van der Waals surface area contributed by atoms with Gasteiger partial charge in [0, 0.05) is 0 Å². The quantitative estimate of drug-likeness (QED) is 0.894. The normalized spacial score (nSPS) is 27.5. The lowest BCUT2D eigenvalue weighted by Crippen LogP contribution is -2.39. The molecule has 1 aliphatic rings. The molecule has 0 radical (unpaired) electrons. The molecule has 0 amide bonds. The number of benzene rings is 1. The summed E-state index contributed by atoms with van der Waals surface area (Å²) in [7, 11) is 0. The van der Waals surface area contributed by atoms with Crippen molar-refractivity contribution in [1.82, 2.24) is 0 Å². The highest BCUT2D eigenvalue weighted by Crippen LogP contribution is 2.32. The summed E-state index contributed by atoms with van der Waals surface area (Å²) >= 11 is 0. The second kappa shape index (κ2) is 6.42. The van der Waals surface area contributed by atoms with Crippen molar-refractivity contribution in [2.45, 2.75) is 58.7 Å². The maximum absolute atomic E-state index is 10.1. The van der Waals surface area contributed by atoms with Crippen LogP contribution in [0.15, 0.2) is 24.3 Å². The number of ether oxygens (including phenoxy) is 1. The first-order chi connectivity index (χ1) is 9.10. The van der Waals surface area contributed by atoms with E-state index in [2.05, 4.69) is 32.9 Å². The van der Waals surface area contributed by atoms with Crippen LogP contribution in [0.3, 0.4) is 0 Å². The van der Waals surface area contributed by atoms with Crippen molar-refractivity contribution in [2.75, 3.05) is 0 Å². The summed E-state index contributed by atoms with van der Waals surface area (Å²) in [5, 5.41) is 10.1. The van der Waals surface area contributed by atoms with Gasteiger partial charge >= 0.3 is 0 Å². The van der Waals surface area contributed by atoms with Gasteiger partial charge in [-0.3, -0.25) is 0 Å². The van der Waals surface area contributed by atoms with Gasteiger partial charge < -0.3 is 9.84 Å². The molecule has 1 N–H and O–H groups in total. The number of aliphatic hydroxyl groups excluding tert-OH is 1. The van der Waals surface area contributed by atoms with Gasteiger partial charge in [0.05, 0.1) is 6.10 Å². The molecule has 1 aliphatic carbocycles. The third-order valence-corrected chi connectivity index (χ3v) is 4.33. The fourth-order valence-electron chi connectivity index (χ4n) is 2.89. The van der Waals surface area contributed by atoms with Crippen LogP contribution >= 0.6 is 0 Å². The first-order valence-electron chi connectivity index (χ1n) is 7.53. The molecule has 0 bridgehead atoms. The Morgan fingerprint density at radius 3 is 2.79 bits per heavy atom. The van der Waals surface area contributed by atoms with Crippen LogP contribution in [0, 0.1) is 11.8 Å². The van der Waals surface area contributed by atoms with E-state index in [1.165, 1.54) is 5.56 Å². The van der Waals surface area contributed by atoms with Gasteiger partial charge in [0.2, 0.25) is 0 Å². The average molecular weight is 262 g/mol. The molecule has 1 aromatic carbocycles. The van der Waals surface area contributed by atoms with Crippen LogP contribution in [0.4, 0.5) is 0 Å². The van der Waals surface area contributed by atoms with E-state index in [1.54, 1.807) is 0 Å². The van der Waals surface area contributed by atoms with E-state index in [0.29, 0.717) is 11.8 Å². The zero-order chi connectivity index (χ0) is 13.8. The van der Waals surface area contributed by atoms with Crippen LogP contribution in [0.1, 0.15) is 45.6 Å². The van der Waals surface area contributed by atoms with Gasteiger partial charge in [-0.1, -0.05) is 32.9 Å². The summed E-state index contributed by atoms with van der Waals surface area (Å²) in [4.78, 5) is 0. The monoisotopic (exact) mass is 262 g/mol. The van der Waals surface area contributed by atoms with Crippen molar-refractivity contribution in [3.8, 4) is 5.75 Å². The van der Waals surface area contributed by atoms with Gasteiger partial charge in [0.1, 0.15) is 11.9 Å². The summed E-state index contributed by atoms with van der Waals surface area (Å²) in [6, 6.07) is 8.22. The lowest BCUT2D eigenvalue weighted by molar-refractivity contribution is -0.0177. The fraction of sp³-hybridized carbons (Fsp3) is 0.647. The highest BCUT2D eigenvalue weighted by molar-refractivity contribution is 5.28. The summed E-state index contributed by atoms with van der Waals surface area (Å²) in [6.07, 6.45) is 3.59. The highest BCUT2D eigenvalue weighted by atomic mass is 16.5. The molecule has 0 spiro atoms. The standard InChI is InChI=1S/C17H26O2/c1-4-13-6-5-7-15(10-13)19-17-11-14(12(2)3)8-9-16(17)18/h5-7,10,12,14,16-18H,4,8-9,11H2,1-3H3. The lowest BCUT2D eigenvalue weighted by atomic mass is 9.79. The molecular formula is C17H26O2. The molecule has 0 aliphatic heterocycles. The first kappa shape index (κ1) is 14.4. The van der Waals surface area contributed by atoms with E-state index < -0.39 is 0 Å². The molecule has 2 nitrogen and oxygen atoms in total. The molecule has 2 heteroatoms. The average Bonchev–Trinajstić information content (AvgIpc) is 2.41. The number of aliphatic hydroxyl groups is 1. The van der Waals surface area contributed by atoms with E-state index in [1.807, 2.05) is 12.1 Å². The third-order valence-electron chi connectivity index (χ3n) is 4.33. The Hall–Kier alpha value is -1.02. The van der Waals surface area contributed by atoms with Gasteiger partial charge in [-0.2, -0.15) is 0 Å². The minimum Gasteiger partial charge on any atom is -0.488 e. The molecule has 1 saturated carbocycles. The molecule has 0 aromatic heterocycles. The zero-order valence-electron chi connectivity index (χ0n) is 12.3. The van der Waals surface area contributed by atoms with E-state index in [4.69, 9.17) is 4.74 Å². The van der Waals surface area contributed by atoms with Crippen molar-refractivity contribution >= 4 is 0 Å². The summed E-state index contributed by atoms with van der Waals surface area (Å²) in [6.45, 7) is 6.66. The minimum atomic E-state index is -0.319. The molecule has 1 fully saturated rings. The molecule has 1 aromatic rings. The Balaban J connectivity index is 2.03. The van der Waals surface area contributed by atoms with Crippen LogP contribution in [0.5, 0.6) is 5.75 Å². The van der Waals surface area contributed by atoms with Crippen LogP contribution < -0.4 is 4.74 Å². The van der Waals surface area contributed by atoms with Crippen LogP contribution in [0.25, 0.3) is 0 Å². The second-order valence-electron chi connectivity index (χ2n) is 6.04. The van der Waals surface area contributed by atoms with Gasteiger partial charge in [-0.15, -0.1) is 0 Å². The fourth-order valence-corrected chi connectivity index (χ4v) is 2.89. The predicted molar refractivity (Wildman–Crippen MR) is 78.4 cm³/mol. The van der Waals surface area contributed by atoms with Crippen molar-refractivity contribution in [3.63, 3.8) is 0 Å². The van der Waals surface area contributed by atoms with Gasteiger partial charge in [0.15, 0.2) is 0 Å². The Bertz CT molecular complexity index is 400. The maximum Gasteiger partial charge on any atom is 0.125 e. The minimum absolute atomic E-state index is 0.0479. The van der Waals surface area contributed by atoms with E-state index in [0.717, 1.165) is 31.4 Å². The molecule has 3 unspecified atom stereocenters. The SMILES string of the molecule is CCc1cccc(OC2CC(C(C)C)CCC2O)c1. The Labute approximate surface area is 116 Å². The second-order valence-corrected chi connectivity index (χ2v) is 6.04. The summed E-state index contributed by atoms with van der Waals surface area (Å²) < 4.78 is 6.04. The van der Waals surface area contributed by atoms with Crippen LogP contribution in [0.2, 0.25) is 0 Å². The van der Waals surface area contributed by atoms with Crippen molar-refractivity contribution in [1.29, 1.82) is 0 Å². The summed E-state index contributed by atoms with van der Waals surface area (Å²) in [5.74, 6) is 2.23. The van der Waals surface area contributed by atoms with Crippen LogP contribution in [-0.2, 0) is 6.42 Å². The molecule has 0 heterocycles. The number of aryl methyl sites for hydroxylation is 1. The molecule has 0 saturated heterocycles. The lowest BCUT2D eigenvalue weighted by Gasteiger charge is -2.35. The Morgan fingerprint density at radius 1 is 1.32 bits per heavy atom. The van der Waals surface area contributed by atoms with E-state index >= 15 is 0 Å². The number of hydrogen-bond acceptors (Lipinski definition) is 2. The maximum atomic E-state index is 10.1. The molecule has 106 valence electrons. The van der Waals surface area contributed by atoms with Crippen molar-refractivity contribution in [3.05, 3.63) is 29.8 Å². The molecule has 19 heavy (non-hydrogen) atoms. The van der Waals surface area contributed by atoms with Crippen LogP contribution in [-0.4, -0.2) is 17.3 Å². The van der Waals surface area contributed by atoms with E-state index in [-0.39, 0.29) is 12.2 Å². The molecule has 3 atom stereocenters. The van der Waals surface area contributed by atoms with Crippen molar-refractivity contribution in [2.24, 2.45) is 11.8 Å². The Morgan fingerprint density at radius 2 is 2.11 bits per heavy atom. The smallest absolute Gasteiger partial charge is 0.125 e. The zero-order valence-corrected chi connectivity index (χ0v) is 12.3. The number of hydrogen-bond donors (Lipinski definition) is 1. The van der Waals surface area contributed by atoms with Gasteiger partial charge in [-0.05, 0) is 55.2 Å². The van der Waals surface area contributed by atoms with Crippen molar-refractivity contribution < 1.29 is 9.84 Å². The third kappa shape index (κ3) is 3.73. The largest absolute Gasteiger partial charge is 0.488 e. The first-order valence-corrected chi connectivity index (χ1v) is 7.53. The molecular weight excluding hydrogens is 236 g/mol. The topological polar surface area (TPSA) is 29.5 Å². The molecule has 2 rings (SSSR count). The van der Waals surface area contributed by atoms with Gasteiger partial charge in [0.25, 0.3) is 0 Å². The van der Waals surface area contributed by atoms with Gasteiger partial charge in [-0.25, -0.2) is 0 Å². The predicted octanol–water partition coefficient (Wildman–Crippen LogP) is 3.81.